The molecule has 14 N–H and O–H groups in total. The molecular formula is C52H81N7O16. The molecule has 0 aromatic heterocycles. The number of phenols is 1. The van der Waals surface area contributed by atoms with E-state index in [2.05, 4.69) is 57.8 Å². The van der Waals surface area contributed by atoms with Crippen LogP contribution in [0.25, 0.3) is 0 Å². The van der Waals surface area contributed by atoms with Gasteiger partial charge in [-0.15, -0.1) is 0 Å². The van der Waals surface area contributed by atoms with E-state index in [-0.39, 0.29) is 24.3 Å². The first-order valence-corrected chi connectivity index (χ1v) is 26.2. The van der Waals surface area contributed by atoms with Crippen LogP contribution in [0, 0.1) is 5.92 Å². The van der Waals surface area contributed by atoms with E-state index in [0.29, 0.717) is 12.8 Å². The number of benzene rings is 1. The largest absolute Gasteiger partial charge is 0.508 e. The number of rotatable bonds is 20. The number of aliphatic hydroxyl groups is 8. The molecule has 0 aliphatic carbocycles. The Morgan fingerprint density at radius 2 is 1.24 bits per heavy atom. The van der Waals surface area contributed by atoms with Crippen LogP contribution < -0.4 is 26.6 Å². The summed E-state index contributed by atoms with van der Waals surface area (Å²) >= 11 is 0. The summed E-state index contributed by atoms with van der Waals surface area (Å²) in [5.41, 5.74) is -0.0614. The number of allylic oxidation sites excluding steroid dienone is 4. The van der Waals surface area contributed by atoms with Gasteiger partial charge in [0.2, 0.25) is 41.4 Å². The summed E-state index contributed by atoms with van der Waals surface area (Å²) in [5, 5.41) is 110. The van der Waals surface area contributed by atoms with E-state index in [9.17, 15) is 79.5 Å². The fourth-order valence-electron chi connectivity index (χ4n) is 9.39. The molecular weight excluding hydrogens is 979 g/mol. The number of hydrogen-bond donors (Lipinski definition) is 14. The molecule has 75 heavy (non-hydrogen) atoms. The second-order valence-electron chi connectivity index (χ2n) is 20.1. The van der Waals surface area contributed by atoms with Gasteiger partial charge in [0.25, 0.3) is 0 Å². The van der Waals surface area contributed by atoms with Crippen molar-refractivity contribution in [3.05, 3.63) is 54.1 Å². The molecule has 1 aromatic rings. The van der Waals surface area contributed by atoms with Gasteiger partial charge >= 0.3 is 0 Å². The van der Waals surface area contributed by atoms with Crippen LogP contribution in [0.2, 0.25) is 0 Å². The third-order valence-corrected chi connectivity index (χ3v) is 13.9. The van der Waals surface area contributed by atoms with Gasteiger partial charge < -0.3 is 82.3 Å². The van der Waals surface area contributed by atoms with Gasteiger partial charge in [0.15, 0.2) is 6.23 Å². The lowest BCUT2D eigenvalue weighted by molar-refractivity contribution is -0.148. The molecule has 7 amide bonds. The van der Waals surface area contributed by atoms with Crippen molar-refractivity contribution >= 4 is 41.4 Å². The zero-order valence-electron chi connectivity index (χ0n) is 43.4. The van der Waals surface area contributed by atoms with Gasteiger partial charge in [-0.05, 0) is 70.1 Å². The second kappa shape index (κ2) is 30.3. The minimum Gasteiger partial charge on any atom is -0.508 e. The third kappa shape index (κ3) is 18.0. The Balaban J connectivity index is 1.62. The van der Waals surface area contributed by atoms with Crippen molar-refractivity contribution in [3.8, 4) is 5.75 Å². The molecule has 2 unspecified atom stereocenters. The number of nitrogens with one attached hydrogen (secondary N) is 5. The zero-order chi connectivity index (χ0) is 55.5. The average molecular weight is 1060 g/mol. The highest BCUT2D eigenvalue weighted by atomic mass is 16.3. The molecule has 3 saturated heterocycles. The number of amides is 7. The molecule has 0 radical (unpaired) electrons. The number of aliphatic hydroxyl groups excluding tert-OH is 8. The molecule has 3 aliphatic heterocycles. The Morgan fingerprint density at radius 3 is 1.85 bits per heavy atom. The van der Waals surface area contributed by atoms with Crippen molar-refractivity contribution in [2.45, 2.75) is 203 Å². The molecule has 3 heterocycles. The molecule has 4 rings (SSSR count). The summed E-state index contributed by atoms with van der Waals surface area (Å²) < 4.78 is 0. The van der Waals surface area contributed by atoms with Crippen LogP contribution in [0.1, 0.15) is 129 Å². The number of unbranched alkanes of at least 4 members (excludes halogenated alkanes) is 8. The van der Waals surface area contributed by atoms with Gasteiger partial charge in [0.05, 0.1) is 24.4 Å². The summed E-state index contributed by atoms with van der Waals surface area (Å²) in [6.07, 6.45) is 2.50. The first-order valence-electron chi connectivity index (χ1n) is 26.2. The molecule has 0 spiro atoms. The van der Waals surface area contributed by atoms with Crippen molar-refractivity contribution in [2.24, 2.45) is 5.92 Å². The molecule has 15 atom stereocenters. The molecule has 0 bridgehead atoms. The van der Waals surface area contributed by atoms with E-state index in [1.54, 1.807) is 0 Å². The zero-order valence-corrected chi connectivity index (χ0v) is 43.4. The van der Waals surface area contributed by atoms with Gasteiger partial charge in [-0.1, -0.05) is 82.4 Å². The monoisotopic (exact) mass is 1060 g/mol. The summed E-state index contributed by atoms with van der Waals surface area (Å²) in [4.78, 5) is 100. The quantitative estimate of drug-likeness (QED) is 0.0531. The molecule has 0 saturated carbocycles. The predicted octanol–water partition coefficient (Wildman–Crippen LogP) is -1.33. The SMILES string of the molecule is CCCCCC=CCC=CCCCCCCCC(=O)N[C@H]1C[C@@H](O)[C@@H](O)NC(=O)[C@@H]2[C@@H](O)[C@@H](C)CN2C(=O)[C@H]([C@@H](C)O)NC(=O)C([C@H](O)[C@@H](O)c2ccc(O)cc2)NC(=O)[C@@H]2C[C@@H](O)CN2C(=O)C([C@@H](C)O)NC1=O. The maximum atomic E-state index is 14.3. The van der Waals surface area contributed by atoms with E-state index in [1.165, 1.54) is 38.3 Å². The summed E-state index contributed by atoms with van der Waals surface area (Å²) in [6, 6.07) is -6.61. The predicted molar refractivity (Wildman–Crippen MR) is 271 cm³/mol. The van der Waals surface area contributed by atoms with Crippen molar-refractivity contribution in [2.75, 3.05) is 13.1 Å². The van der Waals surface area contributed by atoms with E-state index >= 15 is 0 Å². The first-order chi connectivity index (χ1) is 35.6. The summed E-state index contributed by atoms with van der Waals surface area (Å²) in [7, 11) is 0. The molecule has 23 nitrogen and oxygen atoms in total. The fourth-order valence-corrected chi connectivity index (χ4v) is 9.39. The van der Waals surface area contributed by atoms with Crippen LogP contribution in [-0.4, -0.2) is 189 Å². The van der Waals surface area contributed by atoms with Crippen molar-refractivity contribution < 1.29 is 79.5 Å². The lowest BCUT2D eigenvalue weighted by Gasteiger charge is -2.34. The summed E-state index contributed by atoms with van der Waals surface area (Å²) in [6.45, 7) is 4.97. The van der Waals surface area contributed by atoms with Gasteiger partial charge in [-0.2, -0.15) is 0 Å². The lowest BCUT2D eigenvalue weighted by Crippen LogP contribution is -2.64. The highest BCUT2D eigenvalue weighted by Gasteiger charge is 2.50. The number of carbonyl (C=O) groups is 7. The third-order valence-electron chi connectivity index (χ3n) is 13.9. The standard InChI is InChI=1S/C52H81N7O16/c1-5-6-7-8-9-10-11-12-13-14-15-16-17-18-19-20-38(65)53-35-26-37(64)48(71)57-50(73)42-43(66)29(2)27-59(42)52(75)40(31(4)61)55-49(72)41(45(68)44(67)32-21-23-33(62)24-22-32)56-47(70)36-25-34(63)28-58(36)51(74)39(30(3)60)54-46(35)69/h9-10,12-13,21-24,29-31,34-37,39-45,48,60-64,66-68,71H,5-8,11,14-20,25-28H2,1-4H3,(H,53,65)(H,54,69)(H,55,72)(H,56,70)(H,57,73)/t29-,30+,31+,34+,35-,36-,37+,39?,40-,41?,42-,43-,44-,45-,48+/m0/s1. The van der Waals surface area contributed by atoms with Crippen molar-refractivity contribution in [1.82, 2.24) is 36.4 Å². The fraction of sp³-hybridized carbons (Fsp3) is 0.673. The van der Waals surface area contributed by atoms with E-state index < -0.39 is 152 Å². The Labute approximate surface area is 437 Å². The summed E-state index contributed by atoms with van der Waals surface area (Å²) in [5.74, 6) is -8.97. The number of carbonyl (C=O) groups excluding carboxylic acids is 7. The van der Waals surface area contributed by atoms with Gasteiger partial charge in [0.1, 0.15) is 60.3 Å². The molecule has 23 heteroatoms. The lowest BCUT2D eigenvalue weighted by atomic mass is 9.96. The number of aromatic hydroxyl groups is 1. The number of nitrogens with zero attached hydrogens (tertiary/aromatic N) is 2. The molecule has 1 aromatic carbocycles. The normalized spacial score (nSPS) is 29.4. The number of hydrogen-bond acceptors (Lipinski definition) is 16. The topological polar surface area (TPSA) is 368 Å². The number of fused-ring (bicyclic) bond motifs is 2. The Hall–Kier alpha value is -5.53. The minimum absolute atomic E-state index is 0.0614. The maximum Gasteiger partial charge on any atom is 0.248 e. The van der Waals surface area contributed by atoms with Gasteiger partial charge in [-0.25, -0.2) is 0 Å². The molecule has 420 valence electrons. The van der Waals surface area contributed by atoms with Crippen LogP contribution in [0.5, 0.6) is 5.75 Å². The number of phenolic OH excluding ortho intramolecular Hbond substituents is 1. The van der Waals surface area contributed by atoms with E-state index in [1.807, 2.05) is 0 Å². The molecule has 3 aliphatic rings. The van der Waals surface area contributed by atoms with Crippen LogP contribution in [-0.2, 0) is 33.6 Å². The minimum atomic E-state index is -2.27. The first kappa shape index (κ1) is 62.0. The van der Waals surface area contributed by atoms with Gasteiger partial charge in [0, 0.05) is 38.3 Å². The van der Waals surface area contributed by atoms with Crippen molar-refractivity contribution in [3.63, 3.8) is 0 Å². The average Bonchev–Trinajstić information content (AvgIpc) is 3.91. The molecule has 3 fully saturated rings. The highest BCUT2D eigenvalue weighted by Crippen LogP contribution is 2.28. The Kier molecular flexibility index (Phi) is 25.0. The van der Waals surface area contributed by atoms with Crippen LogP contribution >= 0.6 is 0 Å². The smallest absolute Gasteiger partial charge is 0.248 e. The Bertz CT molecular complexity index is 2110. The van der Waals surface area contributed by atoms with E-state index in [4.69, 9.17) is 0 Å². The highest BCUT2D eigenvalue weighted by molar-refractivity contribution is 5.98. The van der Waals surface area contributed by atoms with Gasteiger partial charge in [-0.3, -0.25) is 33.6 Å². The second-order valence-corrected chi connectivity index (χ2v) is 20.1. The van der Waals surface area contributed by atoms with Crippen LogP contribution in [0.3, 0.4) is 0 Å². The van der Waals surface area contributed by atoms with Crippen molar-refractivity contribution in [1.29, 1.82) is 0 Å². The maximum absolute atomic E-state index is 14.3. The van der Waals surface area contributed by atoms with Crippen LogP contribution in [0.4, 0.5) is 0 Å². The Morgan fingerprint density at radius 1 is 0.680 bits per heavy atom. The van der Waals surface area contributed by atoms with Crippen LogP contribution in [0.15, 0.2) is 48.6 Å². The van der Waals surface area contributed by atoms with E-state index in [0.717, 1.165) is 74.3 Å².